The summed E-state index contributed by atoms with van der Waals surface area (Å²) in [4.78, 5) is 7.13. The Kier molecular flexibility index (Phi) is 9.27. The zero-order valence-corrected chi connectivity index (χ0v) is 16.5. The number of rotatable bonds is 10. The predicted octanol–water partition coefficient (Wildman–Crippen LogP) is 3.23. The molecule has 0 aromatic heterocycles. The second kappa shape index (κ2) is 10.9. The standard InChI is InChI=1S/C19H31N3O2S/c1-5-7-8-9-10-15-22(3)19(20-6-2)21-16-17-11-13-18(14-12-17)25(4,23)24/h5,11-14H,1,6-10,15-16H2,2-4H3,(H,20,21). The molecule has 0 atom stereocenters. The van der Waals surface area contributed by atoms with Crippen LogP contribution in [0.2, 0.25) is 0 Å². The van der Waals surface area contributed by atoms with Crippen molar-refractivity contribution in [3.8, 4) is 0 Å². The summed E-state index contributed by atoms with van der Waals surface area (Å²) in [5.41, 5.74) is 0.988. The molecule has 0 saturated heterocycles. The Balaban J connectivity index is 2.63. The number of nitrogens with zero attached hydrogens (tertiary/aromatic N) is 2. The van der Waals surface area contributed by atoms with Crippen molar-refractivity contribution in [3.05, 3.63) is 42.5 Å². The lowest BCUT2D eigenvalue weighted by Gasteiger charge is -2.22. The van der Waals surface area contributed by atoms with Crippen LogP contribution >= 0.6 is 0 Å². The third kappa shape index (κ3) is 8.20. The number of sulfone groups is 1. The fourth-order valence-corrected chi connectivity index (χ4v) is 3.03. The van der Waals surface area contributed by atoms with E-state index in [4.69, 9.17) is 0 Å². The summed E-state index contributed by atoms with van der Waals surface area (Å²) < 4.78 is 23.0. The van der Waals surface area contributed by atoms with Gasteiger partial charge in [-0.05, 0) is 43.9 Å². The molecule has 1 N–H and O–H groups in total. The molecule has 1 rings (SSSR count). The first kappa shape index (κ1) is 21.2. The summed E-state index contributed by atoms with van der Waals surface area (Å²) in [6.07, 6.45) is 7.73. The molecular weight excluding hydrogens is 334 g/mol. The molecule has 0 aliphatic carbocycles. The molecule has 0 heterocycles. The SMILES string of the molecule is C=CCCCCCN(C)C(=NCc1ccc(S(C)(=O)=O)cc1)NCC. The number of hydrogen-bond acceptors (Lipinski definition) is 3. The van der Waals surface area contributed by atoms with Gasteiger partial charge in [0.1, 0.15) is 0 Å². The van der Waals surface area contributed by atoms with Crippen molar-refractivity contribution >= 4 is 15.8 Å². The molecule has 25 heavy (non-hydrogen) atoms. The van der Waals surface area contributed by atoms with Crippen molar-refractivity contribution in [2.45, 2.75) is 44.0 Å². The lowest BCUT2D eigenvalue weighted by molar-refractivity contribution is 0.455. The number of aliphatic imine (C=N–C) groups is 1. The summed E-state index contributed by atoms with van der Waals surface area (Å²) in [6, 6.07) is 6.91. The number of unbranched alkanes of at least 4 members (excludes halogenated alkanes) is 3. The second-order valence-electron chi connectivity index (χ2n) is 6.15. The van der Waals surface area contributed by atoms with Crippen LogP contribution in [0, 0.1) is 0 Å². The fourth-order valence-electron chi connectivity index (χ4n) is 2.40. The second-order valence-corrected chi connectivity index (χ2v) is 8.16. The van der Waals surface area contributed by atoms with Crippen molar-refractivity contribution in [1.82, 2.24) is 10.2 Å². The third-order valence-corrected chi connectivity index (χ3v) is 4.99. The average molecular weight is 366 g/mol. The molecule has 0 spiro atoms. The molecule has 0 amide bonds. The van der Waals surface area contributed by atoms with E-state index >= 15 is 0 Å². The summed E-state index contributed by atoms with van der Waals surface area (Å²) in [5.74, 6) is 0.874. The van der Waals surface area contributed by atoms with Gasteiger partial charge in [0.2, 0.25) is 0 Å². The maximum atomic E-state index is 11.5. The van der Waals surface area contributed by atoms with E-state index in [-0.39, 0.29) is 0 Å². The molecular formula is C19H31N3O2S. The van der Waals surface area contributed by atoms with Crippen LogP contribution in [-0.4, -0.2) is 45.7 Å². The van der Waals surface area contributed by atoms with E-state index in [0.717, 1.165) is 37.5 Å². The van der Waals surface area contributed by atoms with Crippen molar-refractivity contribution in [2.24, 2.45) is 4.99 Å². The Labute approximate surface area is 152 Å². The number of nitrogens with one attached hydrogen (secondary N) is 1. The molecule has 6 heteroatoms. The first-order valence-corrected chi connectivity index (χ1v) is 10.7. The van der Waals surface area contributed by atoms with Gasteiger partial charge >= 0.3 is 0 Å². The van der Waals surface area contributed by atoms with Crippen LogP contribution in [0.4, 0.5) is 0 Å². The largest absolute Gasteiger partial charge is 0.357 e. The van der Waals surface area contributed by atoms with Gasteiger partial charge < -0.3 is 10.2 Å². The first-order chi connectivity index (χ1) is 11.9. The van der Waals surface area contributed by atoms with E-state index < -0.39 is 9.84 Å². The fraction of sp³-hybridized carbons (Fsp3) is 0.526. The Morgan fingerprint density at radius 3 is 2.48 bits per heavy atom. The molecule has 5 nitrogen and oxygen atoms in total. The van der Waals surface area contributed by atoms with Gasteiger partial charge in [-0.15, -0.1) is 6.58 Å². The minimum atomic E-state index is -3.15. The quantitative estimate of drug-likeness (QED) is 0.299. The van der Waals surface area contributed by atoms with Gasteiger partial charge in [-0.2, -0.15) is 0 Å². The number of benzene rings is 1. The summed E-state index contributed by atoms with van der Waals surface area (Å²) >= 11 is 0. The zero-order chi connectivity index (χ0) is 18.7. The highest BCUT2D eigenvalue weighted by atomic mass is 32.2. The van der Waals surface area contributed by atoms with Crippen molar-refractivity contribution < 1.29 is 8.42 Å². The third-order valence-electron chi connectivity index (χ3n) is 3.86. The van der Waals surface area contributed by atoms with Crippen LogP contribution in [0.15, 0.2) is 46.8 Å². The maximum absolute atomic E-state index is 11.5. The van der Waals surface area contributed by atoms with Crippen LogP contribution < -0.4 is 5.32 Å². The smallest absolute Gasteiger partial charge is 0.193 e. The Hall–Kier alpha value is -1.82. The maximum Gasteiger partial charge on any atom is 0.193 e. The van der Waals surface area contributed by atoms with Crippen LogP contribution in [-0.2, 0) is 16.4 Å². The van der Waals surface area contributed by atoms with E-state index in [1.54, 1.807) is 12.1 Å². The monoisotopic (exact) mass is 365 g/mol. The van der Waals surface area contributed by atoms with E-state index in [1.807, 2.05) is 32.2 Å². The van der Waals surface area contributed by atoms with Crippen molar-refractivity contribution in [2.75, 3.05) is 26.4 Å². The van der Waals surface area contributed by atoms with E-state index in [0.29, 0.717) is 11.4 Å². The van der Waals surface area contributed by atoms with Gasteiger partial charge in [-0.3, -0.25) is 0 Å². The van der Waals surface area contributed by atoms with E-state index in [9.17, 15) is 8.42 Å². The van der Waals surface area contributed by atoms with Crippen LogP contribution in [0.3, 0.4) is 0 Å². The van der Waals surface area contributed by atoms with Crippen LogP contribution in [0.5, 0.6) is 0 Å². The number of allylic oxidation sites excluding steroid dienone is 1. The molecule has 1 aromatic rings. The van der Waals surface area contributed by atoms with E-state index in [1.165, 1.54) is 19.1 Å². The summed E-state index contributed by atoms with van der Waals surface area (Å²) in [7, 11) is -1.11. The predicted molar refractivity (Wildman–Crippen MR) is 106 cm³/mol. The number of hydrogen-bond donors (Lipinski definition) is 1. The molecule has 0 radical (unpaired) electrons. The Morgan fingerprint density at radius 2 is 1.92 bits per heavy atom. The normalized spacial score (nSPS) is 12.0. The molecule has 140 valence electrons. The Morgan fingerprint density at radius 1 is 1.24 bits per heavy atom. The average Bonchev–Trinajstić information content (AvgIpc) is 2.57. The highest BCUT2D eigenvalue weighted by Gasteiger charge is 2.07. The molecule has 0 aliphatic rings. The van der Waals surface area contributed by atoms with Gasteiger partial charge in [0.25, 0.3) is 0 Å². The first-order valence-electron chi connectivity index (χ1n) is 8.77. The molecule has 0 fully saturated rings. The minimum absolute atomic E-state index is 0.337. The highest BCUT2D eigenvalue weighted by molar-refractivity contribution is 7.90. The molecule has 0 aliphatic heterocycles. The topological polar surface area (TPSA) is 61.8 Å². The van der Waals surface area contributed by atoms with Gasteiger partial charge in [0.05, 0.1) is 11.4 Å². The van der Waals surface area contributed by atoms with E-state index in [2.05, 4.69) is 21.8 Å². The van der Waals surface area contributed by atoms with Gasteiger partial charge in [0.15, 0.2) is 15.8 Å². The van der Waals surface area contributed by atoms with Gasteiger partial charge in [0, 0.05) is 26.4 Å². The molecule has 0 saturated carbocycles. The van der Waals surface area contributed by atoms with Gasteiger partial charge in [-0.25, -0.2) is 13.4 Å². The van der Waals surface area contributed by atoms with Crippen molar-refractivity contribution in [1.29, 1.82) is 0 Å². The van der Waals surface area contributed by atoms with Crippen molar-refractivity contribution in [3.63, 3.8) is 0 Å². The summed E-state index contributed by atoms with van der Waals surface area (Å²) in [5, 5.41) is 3.30. The highest BCUT2D eigenvalue weighted by Crippen LogP contribution is 2.11. The number of guanidine groups is 1. The van der Waals surface area contributed by atoms with Crippen LogP contribution in [0.25, 0.3) is 0 Å². The zero-order valence-electron chi connectivity index (χ0n) is 15.7. The summed E-state index contributed by atoms with van der Waals surface area (Å²) in [6.45, 7) is 8.08. The lowest BCUT2D eigenvalue weighted by Crippen LogP contribution is -2.39. The minimum Gasteiger partial charge on any atom is -0.357 e. The van der Waals surface area contributed by atoms with Crippen LogP contribution in [0.1, 0.15) is 38.2 Å². The lowest BCUT2D eigenvalue weighted by atomic mass is 10.2. The molecule has 1 aromatic carbocycles. The molecule has 0 unspecified atom stereocenters. The van der Waals surface area contributed by atoms with Gasteiger partial charge in [-0.1, -0.05) is 24.6 Å². The molecule has 0 bridgehead atoms. The Bertz CT molecular complexity index is 652.